The molecule has 0 bridgehead atoms. The number of ether oxygens (including phenoxy) is 2. The van der Waals surface area contributed by atoms with Crippen molar-refractivity contribution < 1.29 is 9.47 Å². The first-order chi connectivity index (χ1) is 12.2. The van der Waals surface area contributed by atoms with Gasteiger partial charge in [0.2, 0.25) is 0 Å². The van der Waals surface area contributed by atoms with Crippen molar-refractivity contribution in [2.24, 2.45) is 0 Å². The molecule has 1 heterocycles. The van der Waals surface area contributed by atoms with Crippen molar-refractivity contribution in [2.45, 2.75) is 6.03 Å². The maximum absolute atomic E-state index is 6.17. The molecule has 3 aromatic carbocycles. The van der Waals surface area contributed by atoms with Crippen molar-refractivity contribution in [3.8, 4) is 0 Å². The Labute approximate surface area is 156 Å². The minimum absolute atomic E-state index is 0.349. The van der Waals surface area contributed by atoms with E-state index < -0.39 is 5.31 Å². The molecule has 2 nitrogen and oxygen atoms in total. The van der Waals surface area contributed by atoms with E-state index in [0.29, 0.717) is 13.2 Å². The fourth-order valence-corrected chi connectivity index (χ4v) is 11.1. The number of hydrogen-bond acceptors (Lipinski definition) is 2. The van der Waals surface area contributed by atoms with Crippen molar-refractivity contribution in [1.29, 1.82) is 0 Å². The topological polar surface area (TPSA) is 18.5 Å². The van der Waals surface area contributed by atoms with Crippen LogP contribution in [0.1, 0.15) is 0 Å². The van der Waals surface area contributed by atoms with Crippen LogP contribution in [0.4, 0.5) is 0 Å². The summed E-state index contributed by atoms with van der Waals surface area (Å²) >= 11 is 4.32. The van der Waals surface area contributed by atoms with Crippen LogP contribution in [-0.4, -0.2) is 19.2 Å². The van der Waals surface area contributed by atoms with E-state index in [9.17, 15) is 0 Å². The first kappa shape index (κ1) is 16.9. The van der Waals surface area contributed by atoms with E-state index in [1.165, 1.54) is 15.9 Å². The second-order valence-electron chi connectivity index (χ2n) is 6.13. The first-order valence-electron chi connectivity index (χ1n) is 8.38. The van der Waals surface area contributed by atoms with Gasteiger partial charge in [0.15, 0.2) is 0 Å². The zero-order valence-corrected chi connectivity index (χ0v) is 16.3. The third-order valence-electron chi connectivity index (χ3n) is 4.78. The van der Waals surface area contributed by atoms with E-state index >= 15 is 0 Å². The number of halogens is 1. The Kier molecular flexibility index (Phi) is 4.51. The summed E-state index contributed by atoms with van der Waals surface area (Å²) < 4.78 is 12.3. The standard InChI is InChI=1S/C21H20BrO2P/c22-25(21-23-16-17-24-21,18-10-4-1-5-11-18,19-12-6-2-7-13-19)20-14-8-3-9-15-20/h1-15,21H,16-17H2. The Morgan fingerprint density at radius 1 is 0.600 bits per heavy atom. The quantitative estimate of drug-likeness (QED) is 0.596. The molecule has 0 unspecified atom stereocenters. The molecule has 0 N–H and O–H groups in total. The monoisotopic (exact) mass is 414 g/mol. The zero-order valence-electron chi connectivity index (χ0n) is 13.8. The van der Waals surface area contributed by atoms with E-state index in [2.05, 4.69) is 88.3 Å². The molecule has 0 atom stereocenters. The Balaban J connectivity index is 2.12. The average Bonchev–Trinajstić information content (AvgIpc) is 3.25. The fourth-order valence-electron chi connectivity index (χ4n) is 3.60. The third-order valence-corrected chi connectivity index (χ3v) is 14.5. The van der Waals surface area contributed by atoms with Gasteiger partial charge in [0.05, 0.1) is 0 Å². The molecule has 1 aliphatic heterocycles. The molecule has 25 heavy (non-hydrogen) atoms. The molecule has 0 saturated carbocycles. The SMILES string of the molecule is BrP(c1ccccc1)(c1ccccc1)(c1ccccc1)C1OCCO1. The average molecular weight is 415 g/mol. The van der Waals surface area contributed by atoms with Crippen LogP contribution in [0.5, 0.6) is 0 Å². The molecule has 4 heteroatoms. The summed E-state index contributed by atoms with van der Waals surface area (Å²) in [4.78, 5) is 0. The Morgan fingerprint density at radius 2 is 0.920 bits per heavy atom. The summed E-state index contributed by atoms with van der Waals surface area (Å²) in [5, 5.41) is 0.482. The Morgan fingerprint density at radius 3 is 1.24 bits per heavy atom. The van der Waals surface area contributed by atoms with Crippen molar-refractivity contribution in [2.75, 3.05) is 13.2 Å². The molecule has 128 valence electrons. The molecule has 0 radical (unpaired) electrons. The summed E-state index contributed by atoms with van der Waals surface area (Å²) in [6.45, 7) is 1.22. The van der Waals surface area contributed by atoms with Crippen molar-refractivity contribution in [3.05, 3.63) is 91.0 Å². The normalized spacial score (nSPS) is 17.1. The van der Waals surface area contributed by atoms with E-state index in [-0.39, 0.29) is 6.03 Å². The van der Waals surface area contributed by atoms with Gasteiger partial charge in [0.1, 0.15) is 0 Å². The van der Waals surface area contributed by atoms with Gasteiger partial charge in [0, 0.05) is 0 Å². The summed E-state index contributed by atoms with van der Waals surface area (Å²) in [5.41, 5.74) is 0. The van der Waals surface area contributed by atoms with Gasteiger partial charge in [-0.3, -0.25) is 0 Å². The van der Waals surface area contributed by atoms with Crippen LogP contribution in [0.15, 0.2) is 91.0 Å². The molecule has 0 aromatic heterocycles. The van der Waals surface area contributed by atoms with Gasteiger partial charge in [-0.15, -0.1) is 0 Å². The molecule has 0 amide bonds. The summed E-state index contributed by atoms with van der Waals surface area (Å²) in [5.74, 6) is 0. The van der Waals surface area contributed by atoms with Crippen LogP contribution in [-0.2, 0) is 9.47 Å². The van der Waals surface area contributed by atoms with Gasteiger partial charge in [-0.2, -0.15) is 0 Å². The van der Waals surface area contributed by atoms with Crippen LogP contribution < -0.4 is 15.9 Å². The molecule has 1 saturated heterocycles. The number of rotatable bonds is 4. The first-order valence-corrected chi connectivity index (χ1v) is 12.7. The fraction of sp³-hybridized carbons (Fsp3) is 0.143. The molecule has 1 fully saturated rings. The molecular weight excluding hydrogens is 395 g/mol. The van der Waals surface area contributed by atoms with Crippen LogP contribution in [0, 0.1) is 0 Å². The summed E-state index contributed by atoms with van der Waals surface area (Å²) in [6, 6.07) is 31.4. The number of hydrogen-bond donors (Lipinski definition) is 0. The van der Waals surface area contributed by atoms with Gasteiger partial charge in [-0.1, -0.05) is 0 Å². The molecule has 0 aliphatic carbocycles. The molecular formula is C21H20BrO2P. The Bertz CT molecular complexity index is 734. The third kappa shape index (κ3) is 2.50. The van der Waals surface area contributed by atoms with Crippen LogP contribution in [0.2, 0.25) is 0 Å². The number of benzene rings is 3. The van der Waals surface area contributed by atoms with Gasteiger partial charge in [-0.05, 0) is 0 Å². The van der Waals surface area contributed by atoms with E-state index in [1.54, 1.807) is 0 Å². The molecule has 3 aromatic rings. The van der Waals surface area contributed by atoms with Crippen molar-refractivity contribution >= 4 is 36.7 Å². The van der Waals surface area contributed by atoms with Gasteiger partial charge < -0.3 is 0 Å². The molecule has 4 rings (SSSR count). The predicted octanol–water partition coefficient (Wildman–Crippen LogP) is 4.16. The summed E-state index contributed by atoms with van der Waals surface area (Å²) in [6.07, 6.45) is 0. The van der Waals surface area contributed by atoms with Gasteiger partial charge >= 0.3 is 156 Å². The summed E-state index contributed by atoms with van der Waals surface area (Å²) in [7, 11) is 0. The minimum atomic E-state index is -3.14. The maximum atomic E-state index is 6.17. The van der Waals surface area contributed by atoms with E-state index in [0.717, 1.165) is 0 Å². The van der Waals surface area contributed by atoms with E-state index in [4.69, 9.17) is 9.47 Å². The van der Waals surface area contributed by atoms with Crippen LogP contribution >= 0.6 is 20.8 Å². The van der Waals surface area contributed by atoms with Crippen LogP contribution in [0.3, 0.4) is 0 Å². The molecule has 1 aliphatic rings. The zero-order chi connectivity index (χ0) is 17.2. The van der Waals surface area contributed by atoms with Gasteiger partial charge in [-0.25, -0.2) is 0 Å². The van der Waals surface area contributed by atoms with Crippen molar-refractivity contribution in [3.63, 3.8) is 0 Å². The molecule has 0 spiro atoms. The second-order valence-corrected chi connectivity index (χ2v) is 14.7. The Hall–Kier alpha value is -1.51. The van der Waals surface area contributed by atoms with Gasteiger partial charge in [0.25, 0.3) is 0 Å². The van der Waals surface area contributed by atoms with Crippen molar-refractivity contribution in [1.82, 2.24) is 0 Å². The van der Waals surface area contributed by atoms with Crippen LogP contribution in [0.25, 0.3) is 0 Å². The predicted molar refractivity (Wildman–Crippen MR) is 110 cm³/mol. The van der Waals surface area contributed by atoms with E-state index in [1.807, 2.05) is 18.2 Å². The second kappa shape index (κ2) is 6.66.